The Morgan fingerprint density at radius 1 is 1.11 bits per heavy atom. The zero-order valence-electron chi connectivity index (χ0n) is 20.9. The van der Waals surface area contributed by atoms with Crippen LogP contribution in [0, 0.1) is 12.8 Å². The number of hydrogen-bond acceptors (Lipinski definition) is 3. The molecule has 3 heterocycles. The molecule has 2 aliphatic heterocycles. The lowest BCUT2D eigenvalue weighted by molar-refractivity contribution is -0.132. The summed E-state index contributed by atoms with van der Waals surface area (Å²) in [5.74, 6) is 0.623. The van der Waals surface area contributed by atoms with Crippen molar-refractivity contribution in [3.63, 3.8) is 0 Å². The SMILES string of the molecule is Cc1cccc(C2([C@@H]3CNC[C@]34CCCc3nc(Cl)ccc34)CC(c3ccccc3)CCN2C=O)c1. The second-order valence-corrected chi connectivity index (χ2v) is 11.4. The number of nitrogens with zero attached hydrogens (tertiary/aromatic N) is 2. The van der Waals surface area contributed by atoms with E-state index in [0.717, 1.165) is 63.8 Å². The molecule has 1 amide bonds. The topological polar surface area (TPSA) is 45.2 Å². The minimum atomic E-state index is -0.412. The number of halogens is 1. The van der Waals surface area contributed by atoms with Crippen molar-refractivity contribution in [2.45, 2.75) is 55.9 Å². The summed E-state index contributed by atoms with van der Waals surface area (Å²) in [6.45, 7) is 4.70. The molecule has 2 saturated heterocycles. The fraction of sp³-hybridized carbons (Fsp3) is 0.419. The Morgan fingerprint density at radius 3 is 2.78 bits per heavy atom. The number of carbonyl (C=O) groups excluding carboxylic acids is 1. The summed E-state index contributed by atoms with van der Waals surface area (Å²) in [7, 11) is 0. The van der Waals surface area contributed by atoms with Gasteiger partial charge in [0.1, 0.15) is 5.15 Å². The van der Waals surface area contributed by atoms with Crippen LogP contribution in [-0.2, 0) is 22.2 Å². The molecule has 1 aromatic heterocycles. The van der Waals surface area contributed by atoms with Crippen molar-refractivity contribution in [1.82, 2.24) is 15.2 Å². The van der Waals surface area contributed by atoms with Gasteiger partial charge in [0.2, 0.25) is 6.41 Å². The summed E-state index contributed by atoms with van der Waals surface area (Å²) in [5, 5.41) is 4.36. The molecule has 4 atom stereocenters. The van der Waals surface area contributed by atoms with Crippen molar-refractivity contribution in [2.75, 3.05) is 19.6 Å². The van der Waals surface area contributed by atoms with E-state index in [2.05, 4.69) is 77.8 Å². The Hall–Kier alpha value is -2.69. The van der Waals surface area contributed by atoms with Crippen LogP contribution in [0.4, 0.5) is 0 Å². The van der Waals surface area contributed by atoms with Crippen LogP contribution < -0.4 is 5.32 Å². The number of amides is 1. The quantitative estimate of drug-likeness (QED) is 0.366. The second kappa shape index (κ2) is 9.32. The summed E-state index contributed by atoms with van der Waals surface area (Å²) in [4.78, 5) is 19.8. The third kappa shape index (κ3) is 3.69. The first-order valence-electron chi connectivity index (χ1n) is 13.3. The van der Waals surface area contributed by atoms with Gasteiger partial charge in [0.15, 0.2) is 0 Å². The van der Waals surface area contributed by atoms with Crippen molar-refractivity contribution in [3.8, 4) is 0 Å². The highest BCUT2D eigenvalue weighted by Crippen LogP contribution is 2.57. The molecule has 5 heteroatoms. The Labute approximate surface area is 219 Å². The molecule has 0 saturated carbocycles. The largest absolute Gasteiger partial charge is 0.335 e. The van der Waals surface area contributed by atoms with E-state index in [1.165, 1.54) is 22.3 Å². The first-order valence-corrected chi connectivity index (χ1v) is 13.7. The van der Waals surface area contributed by atoms with Gasteiger partial charge in [-0.15, -0.1) is 0 Å². The Morgan fingerprint density at radius 2 is 1.97 bits per heavy atom. The second-order valence-electron chi connectivity index (χ2n) is 11.0. The molecule has 1 N–H and O–H groups in total. The molecule has 3 aliphatic rings. The van der Waals surface area contributed by atoms with E-state index in [9.17, 15) is 4.79 Å². The van der Waals surface area contributed by atoms with Crippen LogP contribution >= 0.6 is 11.6 Å². The number of aromatic nitrogens is 1. The lowest BCUT2D eigenvalue weighted by atomic mass is 9.55. The van der Waals surface area contributed by atoms with Crippen LogP contribution in [0.1, 0.15) is 59.5 Å². The van der Waals surface area contributed by atoms with Gasteiger partial charge in [0.25, 0.3) is 0 Å². The van der Waals surface area contributed by atoms with Crippen molar-refractivity contribution in [2.24, 2.45) is 5.92 Å². The molecule has 2 unspecified atom stereocenters. The molecule has 1 aliphatic carbocycles. The molecule has 3 aromatic rings. The average Bonchev–Trinajstić information content (AvgIpc) is 3.33. The average molecular weight is 500 g/mol. The maximum Gasteiger partial charge on any atom is 0.210 e. The van der Waals surface area contributed by atoms with Crippen molar-refractivity contribution in [1.29, 1.82) is 0 Å². The highest BCUT2D eigenvalue weighted by atomic mass is 35.5. The van der Waals surface area contributed by atoms with Crippen molar-refractivity contribution >= 4 is 18.0 Å². The summed E-state index contributed by atoms with van der Waals surface area (Å²) in [5.41, 5.74) is 5.83. The van der Waals surface area contributed by atoms with E-state index >= 15 is 0 Å². The molecule has 186 valence electrons. The molecule has 36 heavy (non-hydrogen) atoms. The highest BCUT2D eigenvalue weighted by molar-refractivity contribution is 6.29. The minimum absolute atomic E-state index is 0.0885. The molecule has 2 fully saturated rings. The summed E-state index contributed by atoms with van der Waals surface area (Å²) in [6, 6.07) is 23.9. The summed E-state index contributed by atoms with van der Waals surface area (Å²) < 4.78 is 0. The Balaban J connectivity index is 1.56. The first kappa shape index (κ1) is 23.7. The van der Waals surface area contributed by atoms with Gasteiger partial charge >= 0.3 is 0 Å². The van der Waals surface area contributed by atoms with Gasteiger partial charge in [-0.1, -0.05) is 77.8 Å². The van der Waals surface area contributed by atoms with Crippen LogP contribution in [0.2, 0.25) is 5.15 Å². The van der Waals surface area contributed by atoms with E-state index < -0.39 is 5.54 Å². The monoisotopic (exact) mass is 499 g/mol. The van der Waals surface area contributed by atoms with Crippen LogP contribution in [-0.4, -0.2) is 35.9 Å². The van der Waals surface area contributed by atoms with Gasteiger partial charge in [-0.2, -0.15) is 0 Å². The number of fused-ring (bicyclic) bond motifs is 2. The van der Waals surface area contributed by atoms with Gasteiger partial charge in [-0.25, -0.2) is 4.98 Å². The van der Waals surface area contributed by atoms with Crippen molar-refractivity contribution < 1.29 is 4.79 Å². The predicted octanol–water partition coefficient (Wildman–Crippen LogP) is 5.77. The molecule has 2 aromatic carbocycles. The van der Waals surface area contributed by atoms with Crippen LogP contribution in [0.5, 0.6) is 0 Å². The number of piperidine rings is 1. The number of carbonyl (C=O) groups is 1. The first-order chi connectivity index (χ1) is 17.6. The molecule has 6 rings (SSSR count). The number of hydrogen-bond donors (Lipinski definition) is 1. The lowest BCUT2D eigenvalue weighted by Crippen LogP contribution is -2.60. The maximum absolute atomic E-state index is 12.9. The molecular weight excluding hydrogens is 466 g/mol. The van der Waals surface area contributed by atoms with Gasteiger partial charge in [0, 0.05) is 36.7 Å². The molecule has 4 nitrogen and oxygen atoms in total. The fourth-order valence-electron chi connectivity index (χ4n) is 7.74. The molecular formula is C31H34ClN3O. The number of pyridine rings is 1. The number of benzene rings is 2. The van der Waals surface area contributed by atoms with E-state index in [-0.39, 0.29) is 11.3 Å². The lowest BCUT2D eigenvalue weighted by Gasteiger charge is -2.57. The third-order valence-electron chi connectivity index (χ3n) is 9.25. The fourth-order valence-corrected chi connectivity index (χ4v) is 7.91. The number of rotatable bonds is 4. The van der Waals surface area contributed by atoms with E-state index in [1.807, 2.05) is 6.07 Å². The number of nitrogens with one attached hydrogen (secondary N) is 1. The summed E-state index contributed by atoms with van der Waals surface area (Å²) >= 11 is 6.35. The van der Waals surface area contributed by atoms with E-state index in [4.69, 9.17) is 16.6 Å². The van der Waals surface area contributed by atoms with Crippen molar-refractivity contribution in [3.05, 3.63) is 99.8 Å². The number of likely N-dealkylation sites (tertiary alicyclic amines) is 1. The Kier molecular flexibility index (Phi) is 6.13. The Bertz CT molecular complexity index is 1260. The number of aryl methyl sites for hydroxylation is 2. The minimum Gasteiger partial charge on any atom is -0.335 e. The maximum atomic E-state index is 12.9. The van der Waals surface area contributed by atoms with E-state index in [0.29, 0.717) is 11.1 Å². The zero-order valence-corrected chi connectivity index (χ0v) is 21.7. The van der Waals surface area contributed by atoms with Gasteiger partial charge in [-0.05, 0) is 67.7 Å². The normalized spacial score (nSPS) is 29.8. The predicted molar refractivity (Wildman–Crippen MR) is 144 cm³/mol. The van der Waals surface area contributed by atoms with Crippen LogP contribution in [0.15, 0.2) is 66.7 Å². The van der Waals surface area contributed by atoms with Gasteiger partial charge in [0.05, 0.1) is 5.54 Å². The summed E-state index contributed by atoms with van der Waals surface area (Å²) in [6.07, 6.45) is 6.18. The molecule has 0 radical (unpaired) electrons. The van der Waals surface area contributed by atoms with E-state index in [1.54, 1.807) is 0 Å². The standard InChI is InChI=1S/C31H34ClN3O/c1-22-7-5-10-25(17-22)31(18-24(14-16-35(31)21-36)23-8-3-2-4-9-23)28-19-33-20-30(28)15-6-11-27-26(30)12-13-29(32)34-27/h2-5,7-10,12-13,17,21,24,28,33H,6,11,14-16,18-20H2,1H3/t24?,28-,30+,31?/m1/s1. The highest BCUT2D eigenvalue weighted by Gasteiger charge is 2.60. The van der Waals surface area contributed by atoms with Crippen LogP contribution in [0.3, 0.4) is 0 Å². The molecule has 1 spiro atoms. The third-order valence-corrected chi connectivity index (χ3v) is 9.46. The van der Waals surface area contributed by atoms with Gasteiger partial charge < -0.3 is 10.2 Å². The zero-order chi connectivity index (χ0) is 24.8. The molecule has 0 bridgehead atoms. The van der Waals surface area contributed by atoms with Gasteiger partial charge in [-0.3, -0.25) is 4.79 Å². The van der Waals surface area contributed by atoms with Crippen LogP contribution in [0.25, 0.3) is 0 Å². The smallest absolute Gasteiger partial charge is 0.210 e.